The van der Waals surface area contributed by atoms with Crippen molar-refractivity contribution in [1.29, 1.82) is 0 Å². The fourth-order valence-corrected chi connectivity index (χ4v) is 2.23. The highest BCUT2D eigenvalue weighted by Crippen LogP contribution is 2.21. The number of rotatable bonds is 6. The summed E-state index contributed by atoms with van der Waals surface area (Å²) in [6.45, 7) is 4.80. The van der Waals surface area contributed by atoms with Gasteiger partial charge in [0, 0.05) is 0 Å². The summed E-state index contributed by atoms with van der Waals surface area (Å²) in [4.78, 5) is 23.9. The van der Waals surface area contributed by atoms with Crippen LogP contribution in [0, 0.1) is 5.82 Å². The highest BCUT2D eigenvalue weighted by molar-refractivity contribution is 6.06. The van der Waals surface area contributed by atoms with Crippen molar-refractivity contribution in [3.63, 3.8) is 0 Å². The topological polar surface area (TPSA) is 78.4 Å². The average molecular weight is 342 g/mol. The summed E-state index contributed by atoms with van der Waals surface area (Å²) in [5.74, 6) is -1.30. The summed E-state index contributed by atoms with van der Waals surface area (Å²) in [5.41, 5.74) is -0.302. The molecule has 0 spiro atoms. The number of amides is 2. The molecule has 0 aliphatic heterocycles. The van der Waals surface area contributed by atoms with Crippen LogP contribution < -0.4 is 10.6 Å². The molecule has 1 atom stereocenters. The molecule has 2 rings (SSSR count). The van der Waals surface area contributed by atoms with Crippen LogP contribution >= 0.6 is 0 Å². The number of halogens is 1. The molecule has 2 amide bonds. The zero-order valence-electron chi connectivity index (χ0n) is 13.8. The monoisotopic (exact) mass is 342 g/mol. The summed E-state index contributed by atoms with van der Waals surface area (Å²) in [5, 5.41) is 15.7. The summed E-state index contributed by atoms with van der Waals surface area (Å²) in [7, 11) is 0. The Kier molecular flexibility index (Phi) is 5.67. The maximum absolute atomic E-state index is 13.0. The van der Waals surface area contributed by atoms with E-state index in [-0.39, 0.29) is 12.1 Å². The molecular formula is C19H19FN2O3. The number of para-hydroxylation sites is 1. The van der Waals surface area contributed by atoms with E-state index in [0.29, 0.717) is 11.3 Å². The van der Waals surface area contributed by atoms with Crippen molar-refractivity contribution in [3.05, 3.63) is 78.1 Å². The van der Waals surface area contributed by atoms with Crippen LogP contribution in [-0.4, -0.2) is 23.5 Å². The van der Waals surface area contributed by atoms with Gasteiger partial charge in [-0.2, -0.15) is 0 Å². The minimum atomic E-state index is -1.37. The maximum Gasteiger partial charge on any atom is 0.253 e. The molecule has 25 heavy (non-hydrogen) atoms. The summed E-state index contributed by atoms with van der Waals surface area (Å²) >= 11 is 0. The van der Waals surface area contributed by atoms with Crippen molar-refractivity contribution < 1.29 is 19.1 Å². The molecule has 6 heteroatoms. The van der Waals surface area contributed by atoms with Gasteiger partial charge in [-0.3, -0.25) is 9.59 Å². The molecule has 5 nitrogen and oxygen atoms in total. The molecule has 0 aliphatic carbocycles. The van der Waals surface area contributed by atoms with Gasteiger partial charge in [-0.1, -0.05) is 30.8 Å². The van der Waals surface area contributed by atoms with Gasteiger partial charge in [0.25, 0.3) is 5.91 Å². The number of hydrogen-bond acceptors (Lipinski definition) is 3. The Morgan fingerprint density at radius 3 is 2.48 bits per heavy atom. The smallest absolute Gasteiger partial charge is 0.253 e. The zero-order chi connectivity index (χ0) is 18.4. The van der Waals surface area contributed by atoms with Crippen LogP contribution in [0.4, 0.5) is 10.1 Å². The van der Waals surface area contributed by atoms with Gasteiger partial charge < -0.3 is 15.7 Å². The molecule has 0 saturated heterocycles. The first kappa shape index (κ1) is 18.4. The third-order valence-electron chi connectivity index (χ3n) is 3.67. The van der Waals surface area contributed by atoms with E-state index in [2.05, 4.69) is 17.2 Å². The quantitative estimate of drug-likeness (QED) is 0.706. The van der Waals surface area contributed by atoms with Gasteiger partial charge >= 0.3 is 0 Å². The van der Waals surface area contributed by atoms with Crippen LogP contribution in [0.15, 0.2) is 61.2 Å². The Labute approximate surface area is 145 Å². The number of hydrogen-bond donors (Lipinski definition) is 3. The molecule has 0 saturated carbocycles. The van der Waals surface area contributed by atoms with E-state index >= 15 is 0 Å². The lowest BCUT2D eigenvalue weighted by atomic mass is 9.96. The molecule has 0 bridgehead atoms. The van der Waals surface area contributed by atoms with Crippen molar-refractivity contribution in [2.45, 2.75) is 12.5 Å². The van der Waals surface area contributed by atoms with Crippen LogP contribution in [0.3, 0.4) is 0 Å². The number of aliphatic hydroxyl groups is 1. The van der Waals surface area contributed by atoms with E-state index in [1.165, 1.54) is 31.2 Å². The molecule has 0 aromatic heterocycles. The lowest BCUT2D eigenvalue weighted by Crippen LogP contribution is -2.38. The molecule has 0 radical (unpaired) electrons. The van der Waals surface area contributed by atoms with Gasteiger partial charge in [-0.15, -0.1) is 0 Å². The number of nitrogens with one attached hydrogen (secondary N) is 2. The molecule has 130 valence electrons. The SMILES string of the molecule is C=CC(=O)Nc1ccccc1C(=O)NCC(C)(O)c1ccc(F)cc1. The number of anilines is 1. The molecule has 2 aromatic carbocycles. The first-order chi connectivity index (χ1) is 11.8. The molecule has 2 aromatic rings. The molecule has 3 N–H and O–H groups in total. The van der Waals surface area contributed by atoms with Crippen LogP contribution in [0.2, 0.25) is 0 Å². The highest BCUT2D eigenvalue weighted by atomic mass is 19.1. The van der Waals surface area contributed by atoms with Gasteiger partial charge in [-0.05, 0) is 42.8 Å². The van der Waals surface area contributed by atoms with Gasteiger partial charge in [0.1, 0.15) is 11.4 Å². The van der Waals surface area contributed by atoms with Gasteiger partial charge in [0.2, 0.25) is 5.91 Å². The second-order valence-corrected chi connectivity index (χ2v) is 5.70. The van der Waals surface area contributed by atoms with Crippen LogP contribution in [0.5, 0.6) is 0 Å². The Hall–Kier alpha value is -2.99. The second kappa shape index (κ2) is 7.72. The van der Waals surface area contributed by atoms with Gasteiger partial charge in [0.05, 0.1) is 17.8 Å². The van der Waals surface area contributed by atoms with Gasteiger partial charge in [-0.25, -0.2) is 4.39 Å². The standard InChI is InChI=1S/C19H19FN2O3/c1-3-17(23)22-16-7-5-4-6-15(16)18(24)21-12-19(2,25)13-8-10-14(20)11-9-13/h3-11,25H,1,12H2,2H3,(H,21,24)(H,22,23). The van der Waals surface area contributed by atoms with E-state index in [0.717, 1.165) is 6.08 Å². The lowest BCUT2D eigenvalue weighted by Gasteiger charge is -2.24. The molecule has 0 aliphatic rings. The number of carbonyl (C=O) groups excluding carboxylic acids is 2. The summed E-state index contributed by atoms with van der Waals surface area (Å²) < 4.78 is 13.0. The van der Waals surface area contributed by atoms with Crippen molar-refractivity contribution >= 4 is 17.5 Å². The third kappa shape index (κ3) is 4.74. The Bertz CT molecular complexity index is 786. The fraction of sp³-hybridized carbons (Fsp3) is 0.158. The zero-order valence-corrected chi connectivity index (χ0v) is 13.8. The fourth-order valence-electron chi connectivity index (χ4n) is 2.23. The van der Waals surface area contributed by atoms with Crippen LogP contribution in [-0.2, 0) is 10.4 Å². The van der Waals surface area contributed by atoms with Crippen LogP contribution in [0.1, 0.15) is 22.8 Å². The largest absolute Gasteiger partial charge is 0.384 e. The van der Waals surface area contributed by atoms with E-state index in [1.54, 1.807) is 24.3 Å². The highest BCUT2D eigenvalue weighted by Gasteiger charge is 2.24. The normalized spacial score (nSPS) is 12.8. The summed E-state index contributed by atoms with van der Waals surface area (Å²) in [6.07, 6.45) is 1.11. The minimum absolute atomic E-state index is 0.0821. The second-order valence-electron chi connectivity index (χ2n) is 5.70. The maximum atomic E-state index is 13.0. The Morgan fingerprint density at radius 1 is 1.20 bits per heavy atom. The Balaban J connectivity index is 2.11. The first-order valence-electron chi connectivity index (χ1n) is 7.62. The number of benzene rings is 2. The van der Waals surface area contributed by atoms with Crippen molar-refractivity contribution in [2.75, 3.05) is 11.9 Å². The average Bonchev–Trinajstić information content (AvgIpc) is 2.60. The van der Waals surface area contributed by atoms with E-state index in [4.69, 9.17) is 0 Å². The van der Waals surface area contributed by atoms with Crippen LogP contribution in [0.25, 0.3) is 0 Å². The number of carbonyl (C=O) groups is 2. The molecule has 0 heterocycles. The third-order valence-corrected chi connectivity index (χ3v) is 3.67. The van der Waals surface area contributed by atoms with Gasteiger partial charge in [0.15, 0.2) is 0 Å². The van der Waals surface area contributed by atoms with E-state index < -0.39 is 23.2 Å². The predicted molar refractivity (Wildman–Crippen MR) is 93.6 cm³/mol. The molecule has 1 unspecified atom stereocenters. The van der Waals surface area contributed by atoms with Crippen molar-refractivity contribution in [3.8, 4) is 0 Å². The minimum Gasteiger partial charge on any atom is -0.384 e. The first-order valence-corrected chi connectivity index (χ1v) is 7.62. The molecular weight excluding hydrogens is 323 g/mol. The lowest BCUT2D eigenvalue weighted by molar-refractivity contribution is -0.111. The molecule has 0 fully saturated rings. The summed E-state index contributed by atoms with van der Waals surface area (Å²) in [6, 6.07) is 11.9. The Morgan fingerprint density at radius 2 is 1.84 bits per heavy atom. The van der Waals surface area contributed by atoms with E-state index in [1.807, 2.05) is 0 Å². The van der Waals surface area contributed by atoms with Crippen molar-refractivity contribution in [2.24, 2.45) is 0 Å². The van der Waals surface area contributed by atoms with E-state index in [9.17, 15) is 19.1 Å². The van der Waals surface area contributed by atoms with Crippen molar-refractivity contribution in [1.82, 2.24) is 5.32 Å². The predicted octanol–water partition coefficient (Wildman–Crippen LogP) is 2.59.